The summed E-state index contributed by atoms with van der Waals surface area (Å²) >= 11 is 7.81. The molecule has 0 bridgehead atoms. The van der Waals surface area contributed by atoms with Crippen molar-refractivity contribution in [2.24, 2.45) is 0 Å². The number of nitrogens with zero attached hydrogens (tertiary/aromatic N) is 3. The molecule has 5 aromatic rings. The zero-order valence-corrected chi connectivity index (χ0v) is 18.8. The summed E-state index contributed by atoms with van der Waals surface area (Å²) < 4.78 is 1.81. The van der Waals surface area contributed by atoms with Crippen LogP contribution in [0.15, 0.2) is 73.1 Å². The quantitative estimate of drug-likeness (QED) is 0.351. The van der Waals surface area contributed by atoms with Crippen LogP contribution in [-0.2, 0) is 6.42 Å². The number of thiophene rings is 1. The highest BCUT2D eigenvalue weighted by atomic mass is 35.5. The van der Waals surface area contributed by atoms with E-state index in [2.05, 4.69) is 20.4 Å². The van der Waals surface area contributed by atoms with Gasteiger partial charge in [-0.2, -0.15) is 5.10 Å². The first-order valence-corrected chi connectivity index (χ1v) is 11.4. The molecule has 8 heteroatoms. The van der Waals surface area contributed by atoms with Crippen molar-refractivity contribution in [2.75, 3.05) is 0 Å². The molecule has 1 amide bonds. The number of fused-ring (bicyclic) bond motifs is 1. The Morgan fingerprint density at radius 3 is 2.72 bits per heavy atom. The summed E-state index contributed by atoms with van der Waals surface area (Å²) in [7, 11) is 0. The fourth-order valence-corrected chi connectivity index (χ4v) is 5.01. The van der Waals surface area contributed by atoms with Crippen molar-refractivity contribution >= 4 is 39.1 Å². The highest BCUT2D eigenvalue weighted by Gasteiger charge is 2.22. The van der Waals surface area contributed by atoms with Crippen molar-refractivity contribution in [1.29, 1.82) is 0 Å². The third-order valence-electron chi connectivity index (χ3n) is 5.31. The molecule has 0 spiro atoms. The van der Waals surface area contributed by atoms with E-state index in [0.717, 1.165) is 33.0 Å². The number of aromatic amines is 1. The van der Waals surface area contributed by atoms with Crippen LogP contribution < -0.4 is 5.32 Å². The fraction of sp³-hybridized carbons (Fsp3) is 0.125. The van der Waals surface area contributed by atoms with Crippen LogP contribution in [0.2, 0.25) is 5.02 Å². The summed E-state index contributed by atoms with van der Waals surface area (Å²) in [6.07, 6.45) is 4.07. The van der Waals surface area contributed by atoms with Gasteiger partial charge in [0.05, 0.1) is 27.3 Å². The zero-order chi connectivity index (χ0) is 22.1. The normalized spacial score (nSPS) is 12.2. The van der Waals surface area contributed by atoms with Gasteiger partial charge in [0.25, 0.3) is 5.91 Å². The number of hydrogen-bond acceptors (Lipinski definition) is 4. The minimum atomic E-state index is -0.207. The van der Waals surface area contributed by atoms with Gasteiger partial charge < -0.3 is 10.3 Å². The summed E-state index contributed by atoms with van der Waals surface area (Å²) in [6, 6.07) is 19.2. The fourth-order valence-electron chi connectivity index (χ4n) is 3.72. The maximum Gasteiger partial charge on any atom is 0.261 e. The molecule has 6 nitrogen and oxygen atoms in total. The third-order valence-corrected chi connectivity index (χ3v) is 6.74. The molecule has 160 valence electrons. The predicted octanol–water partition coefficient (Wildman–Crippen LogP) is 5.49. The van der Waals surface area contributed by atoms with Crippen LogP contribution in [0.25, 0.3) is 15.9 Å². The summed E-state index contributed by atoms with van der Waals surface area (Å²) in [4.78, 5) is 22.2. The Bertz CT molecular complexity index is 1370. The molecule has 2 N–H and O–H groups in total. The summed E-state index contributed by atoms with van der Waals surface area (Å²) in [5.74, 6) is 0.692. The van der Waals surface area contributed by atoms with Gasteiger partial charge in [-0.15, -0.1) is 11.3 Å². The number of carbonyl (C=O) groups is 1. The largest absolute Gasteiger partial charge is 0.349 e. The molecule has 3 aromatic heterocycles. The van der Waals surface area contributed by atoms with Crippen LogP contribution in [0, 0.1) is 6.92 Å². The molecule has 5 rings (SSSR count). The number of H-pyrrole nitrogens is 1. The molecular weight excluding hydrogens is 442 g/mol. The van der Waals surface area contributed by atoms with E-state index in [4.69, 9.17) is 11.6 Å². The van der Waals surface area contributed by atoms with Gasteiger partial charge in [-0.3, -0.25) is 4.79 Å². The van der Waals surface area contributed by atoms with Crippen molar-refractivity contribution < 1.29 is 4.79 Å². The number of imidazole rings is 1. The SMILES string of the molecule is Cc1nn(-c2ccccc2Cl)c2sc(C(=O)NC(Cc3ncc[nH]3)c3ccccc3)cc12. The summed E-state index contributed by atoms with van der Waals surface area (Å²) in [5, 5.41) is 9.38. The minimum Gasteiger partial charge on any atom is -0.349 e. The number of hydrogen-bond donors (Lipinski definition) is 2. The van der Waals surface area contributed by atoms with Gasteiger partial charge in [0.2, 0.25) is 0 Å². The van der Waals surface area contributed by atoms with Crippen LogP contribution in [0.3, 0.4) is 0 Å². The average Bonchev–Trinajstić information content (AvgIpc) is 3.53. The van der Waals surface area contributed by atoms with E-state index in [0.29, 0.717) is 16.3 Å². The molecule has 0 aliphatic carbocycles. The smallest absolute Gasteiger partial charge is 0.261 e. The van der Waals surface area contributed by atoms with E-state index in [1.165, 1.54) is 11.3 Å². The molecule has 0 fully saturated rings. The van der Waals surface area contributed by atoms with Gasteiger partial charge in [-0.25, -0.2) is 9.67 Å². The van der Waals surface area contributed by atoms with E-state index in [-0.39, 0.29) is 11.9 Å². The molecule has 2 aromatic carbocycles. The molecule has 0 saturated heterocycles. The topological polar surface area (TPSA) is 75.6 Å². The Morgan fingerprint density at radius 1 is 1.19 bits per heavy atom. The Kier molecular flexibility index (Phi) is 5.51. The lowest BCUT2D eigenvalue weighted by molar-refractivity contribution is 0.0940. The number of aromatic nitrogens is 4. The van der Waals surface area contributed by atoms with Crippen molar-refractivity contribution in [1.82, 2.24) is 25.1 Å². The number of halogens is 1. The highest BCUT2D eigenvalue weighted by Crippen LogP contribution is 2.32. The standard InChI is InChI=1S/C24H20ClN5OS/c1-15-17-13-21(32-24(17)30(29-15)20-10-6-5-9-18(20)25)23(31)28-19(14-22-26-11-12-27-22)16-7-3-2-4-8-16/h2-13,19H,14H2,1H3,(H,26,27)(H,28,31). The Labute approximate surface area is 193 Å². The second-order valence-corrected chi connectivity index (χ2v) is 8.89. The maximum atomic E-state index is 13.3. The van der Waals surface area contributed by atoms with E-state index in [9.17, 15) is 4.79 Å². The molecule has 0 radical (unpaired) electrons. The van der Waals surface area contributed by atoms with Gasteiger partial charge in [0, 0.05) is 24.2 Å². The summed E-state index contributed by atoms with van der Waals surface area (Å²) in [5.41, 5.74) is 2.67. The monoisotopic (exact) mass is 461 g/mol. The van der Waals surface area contributed by atoms with E-state index < -0.39 is 0 Å². The highest BCUT2D eigenvalue weighted by molar-refractivity contribution is 7.20. The molecule has 0 aliphatic heterocycles. The molecule has 0 saturated carbocycles. The molecule has 1 atom stereocenters. The molecule has 1 unspecified atom stereocenters. The van der Waals surface area contributed by atoms with Gasteiger partial charge in [-0.05, 0) is 30.7 Å². The number of amides is 1. The van der Waals surface area contributed by atoms with Crippen molar-refractivity contribution in [3.8, 4) is 5.69 Å². The number of rotatable bonds is 6. The number of aryl methyl sites for hydroxylation is 1. The molecule has 32 heavy (non-hydrogen) atoms. The average molecular weight is 462 g/mol. The summed E-state index contributed by atoms with van der Waals surface area (Å²) in [6.45, 7) is 1.94. The Morgan fingerprint density at radius 2 is 1.97 bits per heavy atom. The minimum absolute atomic E-state index is 0.128. The van der Waals surface area contributed by atoms with Crippen LogP contribution in [0.1, 0.15) is 32.8 Å². The van der Waals surface area contributed by atoms with Gasteiger partial charge in [0.1, 0.15) is 10.7 Å². The first-order valence-electron chi connectivity index (χ1n) is 10.2. The lowest BCUT2D eigenvalue weighted by Crippen LogP contribution is -2.29. The third kappa shape index (κ3) is 3.92. The number of para-hydroxylation sites is 1. The van der Waals surface area contributed by atoms with Crippen LogP contribution >= 0.6 is 22.9 Å². The first-order chi connectivity index (χ1) is 15.6. The van der Waals surface area contributed by atoms with E-state index in [1.807, 2.05) is 72.3 Å². The van der Waals surface area contributed by atoms with E-state index >= 15 is 0 Å². The van der Waals surface area contributed by atoms with Crippen LogP contribution in [0.4, 0.5) is 0 Å². The van der Waals surface area contributed by atoms with Gasteiger partial charge in [-0.1, -0.05) is 54.1 Å². The van der Waals surface area contributed by atoms with Crippen molar-refractivity contribution in [3.63, 3.8) is 0 Å². The van der Waals surface area contributed by atoms with Crippen molar-refractivity contribution in [2.45, 2.75) is 19.4 Å². The maximum absolute atomic E-state index is 13.3. The van der Waals surface area contributed by atoms with Crippen LogP contribution in [-0.4, -0.2) is 25.7 Å². The first kappa shape index (κ1) is 20.5. The zero-order valence-electron chi connectivity index (χ0n) is 17.2. The van der Waals surface area contributed by atoms with Gasteiger partial charge in [0.15, 0.2) is 0 Å². The Hall–Kier alpha value is -3.42. The van der Waals surface area contributed by atoms with Crippen LogP contribution in [0.5, 0.6) is 0 Å². The molecule has 3 heterocycles. The number of benzene rings is 2. The lowest BCUT2D eigenvalue weighted by Gasteiger charge is -2.18. The Balaban J connectivity index is 1.47. The molecular formula is C24H20ClN5OS. The molecule has 0 aliphatic rings. The van der Waals surface area contributed by atoms with Gasteiger partial charge >= 0.3 is 0 Å². The van der Waals surface area contributed by atoms with E-state index in [1.54, 1.807) is 12.4 Å². The predicted molar refractivity (Wildman–Crippen MR) is 128 cm³/mol. The number of nitrogens with one attached hydrogen (secondary N) is 2. The second-order valence-electron chi connectivity index (χ2n) is 7.45. The second kappa shape index (κ2) is 8.61. The lowest BCUT2D eigenvalue weighted by atomic mass is 10.0. The number of carbonyl (C=O) groups excluding carboxylic acids is 1. The van der Waals surface area contributed by atoms with Crippen molar-refractivity contribution in [3.05, 3.63) is 100 Å².